The molecule has 1 N–H and O–H groups in total. The van der Waals surface area contributed by atoms with E-state index in [0.29, 0.717) is 17.8 Å². The van der Waals surface area contributed by atoms with Crippen LogP contribution in [0, 0.1) is 17.2 Å². The molecule has 1 aromatic rings. The molecule has 0 aromatic heterocycles. The minimum atomic E-state index is -0.247. The Morgan fingerprint density at radius 2 is 2.04 bits per heavy atom. The van der Waals surface area contributed by atoms with Crippen molar-refractivity contribution in [3.63, 3.8) is 0 Å². The minimum Gasteiger partial charge on any atom is -0.492 e. The number of ether oxygens (including phenoxy) is 1. The van der Waals surface area contributed by atoms with Crippen molar-refractivity contribution in [3.8, 4) is 5.75 Å². The highest BCUT2D eigenvalue weighted by Gasteiger charge is 2.53. The molecule has 23 heavy (non-hydrogen) atoms. The van der Waals surface area contributed by atoms with Gasteiger partial charge in [0.25, 0.3) is 0 Å². The van der Waals surface area contributed by atoms with Crippen molar-refractivity contribution in [2.24, 2.45) is 16.3 Å². The summed E-state index contributed by atoms with van der Waals surface area (Å²) in [5, 5.41) is 3.52. The van der Waals surface area contributed by atoms with Gasteiger partial charge in [-0.25, -0.2) is 4.39 Å². The predicted molar refractivity (Wildman–Crippen MR) is 90.3 cm³/mol. The first-order valence-corrected chi connectivity index (χ1v) is 8.43. The lowest BCUT2D eigenvalue weighted by atomic mass is 10.0. The smallest absolute Gasteiger partial charge is 0.193 e. The van der Waals surface area contributed by atoms with E-state index in [1.165, 1.54) is 37.8 Å². The van der Waals surface area contributed by atoms with E-state index in [9.17, 15) is 4.39 Å². The van der Waals surface area contributed by atoms with Crippen LogP contribution in [0.4, 0.5) is 4.39 Å². The van der Waals surface area contributed by atoms with E-state index in [0.717, 1.165) is 25.0 Å². The summed E-state index contributed by atoms with van der Waals surface area (Å²) in [6, 6.07) is 6.11. The Morgan fingerprint density at radius 3 is 2.61 bits per heavy atom. The van der Waals surface area contributed by atoms with Gasteiger partial charge in [0.2, 0.25) is 0 Å². The van der Waals surface area contributed by atoms with Gasteiger partial charge in [-0.15, -0.1) is 0 Å². The molecule has 0 aliphatic heterocycles. The van der Waals surface area contributed by atoms with Gasteiger partial charge < -0.3 is 15.0 Å². The minimum absolute atomic E-state index is 0.247. The largest absolute Gasteiger partial charge is 0.492 e. The molecule has 126 valence electrons. The van der Waals surface area contributed by atoms with Crippen LogP contribution in [-0.4, -0.2) is 44.7 Å². The van der Waals surface area contributed by atoms with Crippen LogP contribution >= 0.6 is 0 Å². The Labute approximate surface area is 137 Å². The van der Waals surface area contributed by atoms with Crippen molar-refractivity contribution in [1.29, 1.82) is 0 Å². The lowest BCUT2D eigenvalue weighted by molar-refractivity contribution is 0.280. The van der Waals surface area contributed by atoms with Crippen molar-refractivity contribution in [2.75, 3.05) is 33.8 Å². The number of rotatable bonds is 7. The topological polar surface area (TPSA) is 36.9 Å². The zero-order valence-electron chi connectivity index (χ0n) is 14.0. The van der Waals surface area contributed by atoms with Crippen molar-refractivity contribution in [3.05, 3.63) is 30.1 Å². The molecule has 0 amide bonds. The van der Waals surface area contributed by atoms with Gasteiger partial charge in [0.1, 0.15) is 18.2 Å². The number of hydrogen-bond acceptors (Lipinski definition) is 2. The molecule has 3 rings (SSSR count). The van der Waals surface area contributed by atoms with Crippen LogP contribution in [0.3, 0.4) is 0 Å². The summed E-state index contributed by atoms with van der Waals surface area (Å²) >= 11 is 0. The Morgan fingerprint density at radius 1 is 1.35 bits per heavy atom. The molecule has 2 saturated carbocycles. The summed E-state index contributed by atoms with van der Waals surface area (Å²) in [6.45, 7) is 2.30. The third-order valence-corrected chi connectivity index (χ3v) is 5.02. The molecular formula is C18H26FN3O. The first-order valence-electron chi connectivity index (χ1n) is 8.43. The number of likely N-dealkylation sites (N-methyl/N-ethyl adjacent to an activating group) is 1. The molecule has 0 heterocycles. The summed E-state index contributed by atoms with van der Waals surface area (Å²) in [5.74, 6) is 2.30. The zero-order chi connectivity index (χ0) is 16.3. The fourth-order valence-corrected chi connectivity index (χ4v) is 3.16. The Balaban J connectivity index is 1.40. The second-order valence-electron chi connectivity index (χ2n) is 6.76. The highest BCUT2D eigenvalue weighted by molar-refractivity contribution is 5.79. The summed E-state index contributed by atoms with van der Waals surface area (Å²) < 4.78 is 18.5. The van der Waals surface area contributed by atoms with Gasteiger partial charge in [-0.1, -0.05) is 0 Å². The number of aliphatic imine (C=N–C) groups is 1. The van der Waals surface area contributed by atoms with E-state index in [1.807, 2.05) is 14.1 Å². The number of hydrogen-bond donors (Lipinski definition) is 1. The molecule has 0 unspecified atom stereocenters. The molecule has 2 aliphatic rings. The average Bonchev–Trinajstić information content (AvgIpc) is 3.43. The van der Waals surface area contributed by atoms with Crippen molar-refractivity contribution >= 4 is 5.96 Å². The quantitative estimate of drug-likeness (QED) is 0.620. The Kier molecular flexibility index (Phi) is 4.74. The van der Waals surface area contributed by atoms with Crippen molar-refractivity contribution in [1.82, 2.24) is 10.2 Å². The van der Waals surface area contributed by atoms with Gasteiger partial charge in [-0.05, 0) is 61.3 Å². The number of nitrogens with zero attached hydrogens (tertiary/aromatic N) is 2. The predicted octanol–water partition coefficient (Wildman–Crippen LogP) is 2.90. The normalized spacial score (nSPS) is 19.3. The highest BCUT2D eigenvalue weighted by atomic mass is 19.1. The molecule has 0 saturated heterocycles. The molecule has 0 spiro atoms. The second kappa shape index (κ2) is 6.77. The van der Waals surface area contributed by atoms with Crippen LogP contribution < -0.4 is 10.1 Å². The standard InChI is InChI=1S/C18H26FN3O/c1-20-17(21-13-18(9-10-18)14-3-4-14)22(2)11-12-23-16-7-5-15(19)6-8-16/h5-8,14H,3-4,9-13H2,1-2H3,(H,20,21). The maximum absolute atomic E-state index is 12.8. The van der Waals surface area contributed by atoms with Gasteiger partial charge in [-0.3, -0.25) is 4.99 Å². The van der Waals surface area contributed by atoms with Crippen LogP contribution in [0.15, 0.2) is 29.3 Å². The number of nitrogens with one attached hydrogen (secondary N) is 1. The summed E-state index contributed by atoms with van der Waals surface area (Å²) in [5.41, 5.74) is 0.557. The molecule has 1 aromatic carbocycles. The summed E-state index contributed by atoms with van der Waals surface area (Å²) in [7, 11) is 3.83. The Hall–Kier alpha value is -1.78. The van der Waals surface area contributed by atoms with Crippen LogP contribution in [-0.2, 0) is 0 Å². The average molecular weight is 319 g/mol. The van der Waals surface area contributed by atoms with Gasteiger partial charge >= 0.3 is 0 Å². The molecule has 0 radical (unpaired) electrons. The second-order valence-corrected chi connectivity index (χ2v) is 6.76. The van der Waals surface area contributed by atoms with Gasteiger partial charge in [0.05, 0.1) is 6.54 Å². The first-order chi connectivity index (χ1) is 11.1. The lowest BCUT2D eigenvalue weighted by Gasteiger charge is -2.24. The van der Waals surface area contributed by atoms with E-state index < -0.39 is 0 Å². The van der Waals surface area contributed by atoms with Crippen LogP contribution in [0.5, 0.6) is 5.75 Å². The SMILES string of the molecule is CN=C(NCC1(C2CC2)CC1)N(C)CCOc1ccc(F)cc1. The van der Waals surface area contributed by atoms with E-state index in [4.69, 9.17) is 4.74 Å². The Bertz CT molecular complexity index is 550. The van der Waals surface area contributed by atoms with E-state index in [2.05, 4.69) is 15.2 Å². The molecule has 0 atom stereocenters. The first kappa shape index (κ1) is 16.1. The van der Waals surface area contributed by atoms with Gasteiger partial charge in [-0.2, -0.15) is 0 Å². The zero-order valence-corrected chi connectivity index (χ0v) is 14.0. The number of halogens is 1. The molecule has 5 heteroatoms. The molecule has 2 aliphatic carbocycles. The maximum atomic E-state index is 12.8. The van der Waals surface area contributed by atoms with E-state index >= 15 is 0 Å². The summed E-state index contributed by atoms with van der Waals surface area (Å²) in [6.07, 6.45) is 5.53. The van der Waals surface area contributed by atoms with Crippen LogP contribution in [0.2, 0.25) is 0 Å². The number of guanidine groups is 1. The molecule has 0 bridgehead atoms. The molecule has 4 nitrogen and oxygen atoms in total. The fourth-order valence-electron chi connectivity index (χ4n) is 3.16. The molecule has 2 fully saturated rings. The van der Waals surface area contributed by atoms with Crippen molar-refractivity contribution < 1.29 is 9.13 Å². The molecular weight excluding hydrogens is 293 g/mol. The monoisotopic (exact) mass is 319 g/mol. The summed E-state index contributed by atoms with van der Waals surface area (Å²) in [4.78, 5) is 6.44. The van der Waals surface area contributed by atoms with Crippen molar-refractivity contribution in [2.45, 2.75) is 25.7 Å². The fraction of sp³-hybridized carbons (Fsp3) is 0.611. The van der Waals surface area contributed by atoms with Gasteiger partial charge in [0, 0.05) is 20.6 Å². The van der Waals surface area contributed by atoms with Crippen LogP contribution in [0.25, 0.3) is 0 Å². The van der Waals surface area contributed by atoms with Gasteiger partial charge in [0.15, 0.2) is 5.96 Å². The van der Waals surface area contributed by atoms with E-state index in [1.54, 1.807) is 12.1 Å². The number of benzene rings is 1. The third kappa shape index (κ3) is 4.15. The maximum Gasteiger partial charge on any atom is 0.193 e. The van der Waals surface area contributed by atoms with E-state index in [-0.39, 0.29) is 5.82 Å². The highest BCUT2D eigenvalue weighted by Crippen LogP contribution is 2.60. The lowest BCUT2D eigenvalue weighted by Crippen LogP contribution is -2.43. The third-order valence-electron chi connectivity index (χ3n) is 5.02. The van der Waals surface area contributed by atoms with Crippen LogP contribution in [0.1, 0.15) is 25.7 Å².